The molecule has 1 atom stereocenters. The maximum Gasteiger partial charge on any atom is 0.222 e. The van der Waals surface area contributed by atoms with Gasteiger partial charge < -0.3 is 20.7 Å². The Morgan fingerprint density at radius 2 is 1.81 bits per heavy atom. The second-order valence-corrected chi connectivity index (χ2v) is 5.95. The van der Waals surface area contributed by atoms with Crippen molar-refractivity contribution in [3.8, 4) is 5.75 Å². The van der Waals surface area contributed by atoms with Crippen LogP contribution in [0.25, 0.3) is 0 Å². The molecule has 6 nitrogen and oxygen atoms in total. The first-order valence-corrected chi connectivity index (χ1v) is 8.65. The summed E-state index contributed by atoms with van der Waals surface area (Å²) in [6.45, 7) is 9.68. The van der Waals surface area contributed by atoms with Crippen LogP contribution in [0, 0.1) is 11.7 Å². The van der Waals surface area contributed by atoms with Crippen LogP contribution in [0.3, 0.4) is 0 Å². The van der Waals surface area contributed by atoms with Crippen molar-refractivity contribution in [1.29, 1.82) is 0 Å². The Bertz CT molecular complexity index is 570. The number of halogens is 2. The van der Waals surface area contributed by atoms with Crippen molar-refractivity contribution in [1.82, 2.24) is 16.0 Å². The highest BCUT2D eigenvalue weighted by atomic mass is 127. The quantitative estimate of drug-likeness (QED) is 0.220. The molecule has 1 aromatic carbocycles. The summed E-state index contributed by atoms with van der Waals surface area (Å²) in [5.41, 5.74) is 0. The first-order chi connectivity index (χ1) is 11.9. The van der Waals surface area contributed by atoms with Crippen LogP contribution in [0.1, 0.15) is 27.7 Å². The third-order valence-electron chi connectivity index (χ3n) is 3.26. The molecule has 26 heavy (non-hydrogen) atoms. The van der Waals surface area contributed by atoms with E-state index in [0.29, 0.717) is 32.1 Å². The number of guanidine groups is 1. The van der Waals surface area contributed by atoms with Gasteiger partial charge in [-0.3, -0.25) is 4.79 Å². The van der Waals surface area contributed by atoms with Crippen molar-refractivity contribution in [2.24, 2.45) is 10.9 Å². The number of para-hydroxylation sites is 1. The van der Waals surface area contributed by atoms with Gasteiger partial charge in [-0.15, -0.1) is 24.0 Å². The summed E-state index contributed by atoms with van der Waals surface area (Å²) < 4.78 is 19.1. The van der Waals surface area contributed by atoms with Crippen LogP contribution < -0.4 is 20.7 Å². The second-order valence-electron chi connectivity index (χ2n) is 5.95. The lowest BCUT2D eigenvalue weighted by Gasteiger charge is -2.16. The lowest BCUT2D eigenvalue weighted by Crippen LogP contribution is -2.42. The van der Waals surface area contributed by atoms with Gasteiger partial charge in [0.15, 0.2) is 17.5 Å². The van der Waals surface area contributed by atoms with Crippen molar-refractivity contribution in [3.63, 3.8) is 0 Å². The molecule has 0 bridgehead atoms. The van der Waals surface area contributed by atoms with E-state index in [4.69, 9.17) is 4.74 Å². The number of benzene rings is 1. The van der Waals surface area contributed by atoms with Crippen LogP contribution in [0.5, 0.6) is 5.75 Å². The number of ether oxygens (including phenoxy) is 1. The zero-order valence-corrected chi connectivity index (χ0v) is 18.2. The molecule has 0 aliphatic carbocycles. The van der Waals surface area contributed by atoms with Crippen molar-refractivity contribution in [2.75, 3.05) is 26.2 Å². The summed E-state index contributed by atoms with van der Waals surface area (Å²) in [5, 5.41) is 9.09. The molecule has 0 heterocycles. The summed E-state index contributed by atoms with van der Waals surface area (Å²) in [7, 11) is 0. The summed E-state index contributed by atoms with van der Waals surface area (Å²) in [6.07, 6.45) is -0.270. The molecule has 0 spiro atoms. The second kappa shape index (κ2) is 13.6. The average molecular weight is 480 g/mol. The third-order valence-corrected chi connectivity index (χ3v) is 3.26. The van der Waals surface area contributed by atoms with Gasteiger partial charge in [0.1, 0.15) is 6.10 Å². The van der Waals surface area contributed by atoms with Crippen molar-refractivity contribution in [2.45, 2.75) is 33.8 Å². The Labute approximate surface area is 172 Å². The molecule has 148 valence electrons. The highest BCUT2D eigenvalue weighted by Crippen LogP contribution is 2.16. The monoisotopic (exact) mass is 480 g/mol. The van der Waals surface area contributed by atoms with Crippen LogP contribution in [0.2, 0.25) is 0 Å². The molecule has 1 rings (SSSR count). The first-order valence-electron chi connectivity index (χ1n) is 8.65. The van der Waals surface area contributed by atoms with Crippen LogP contribution in [-0.4, -0.2) is 44.1 Å². The molecule has 1 amide bonds. The van der Waals surface area contributed by atoms with Crippen molar-refractivity contribution >= 4 is 35.8 Å². The van der Waals surface area contributed by atoms with Crippen LogP contribution in [-0.2, 0) is 4.79 Å². The van der Waals surface area contributed by atoms with E-state index < -0.39 is 0 Å². The molecule has 0 aliphatic rings. The molecule has 0 aromatic heterocycles. The Morgan fingerprint density at radius 3 is 2.42 bits per heavy atom. The summed E-state index contributed by atoms with van der Waals surface area (Å²) in [4.78, 5) is 15.9. The van der Waals surface area contributed by atoms with Gasteiger partial charge in [0.2, 0.25) is 5.91 Å². The van der Waals surface area contributed by atoms with Gasteiger partial charge in [-0.25, -0.2) is 9.38 Å². The number of amides is 1. The molecule has 0 fully saturated rings. The fraction of sp³-hybridized carbons (Fsp3) is 0.556. The van der Waals surface area contributed by atoms with E-state index >= 15 is 0 Å². The van der Waals surface area contributed by atoms with Gasteiger partial charge in [-0.1, -0.05) is 26.0 Å². The topological polar surface area (TPSA) is 74.8 Å². The van der Waals surface area contributed by atoms with Crippen LogP contribution in [0.15, 0.2) is 29.3 Å². The normalized spacial score (nSPS) is 12.2. The molecule has 0 saturated carbocycles. The summed E-state index contributed by atoms with van der Waals surface area (Å²) >= 11 is 0. The Hall–Kier alpha value is -1.58. The Balaban J connectivity index is 0.00000625. The van der Waals surface area contributed by atoms with E-state index in [9.17, 15) is 9.18 Å². The highest BCUT2D eigenvalue weighted by Gasteiger charge is 2.08. The lowest BCUT2D eigenvalue weighted by atomic mass is 10.2. The molecular weight excluding hydrogens is 450 g/mol. The molecular formula is C18H30FIN4O2. The number of rotatable bonds is 9. The zero-order chi connectivity index (χ0) is 18.7. The standard InChI is InChI=1S/C18H29FN4O2.HI/c1-5-20-18(22-11-10-21-17(24)13(2)3)23-12-14(4)25-16-9-7-6-8-15(16)19;/h6-9,13-14H,5,10-12H2,1-4H3,(H,21,24)(H2,20,22,23);1H. The van der Waals surface area contributed by atoms with E-state index in [1.807, 2.05) is 27.7 Å². The van der Waals surface area contributed by atoms with Crippen molar-refractivity contribution < 1.29 is 13.9 Å². The largest absolute Gasteiger partial charge is 0.486 e. The van der Waals surface area contributed by atoms with E-state index in [2.05, 4.69) is 20.9 Å². The number of nitrogens with zero attached hydrogens (tertiary/aromatic N) is 1. The van der Waals surface area contributed by atoms with Gasteiger partial charge in [0, 0.05) is 25.6 Å². The minimum Gasteiger partial charge on any atom is -0.486 e. The fourth-order valence-corrected chi connectivity index (χ4v) is 1.93. The molecule has 8 heteroatoms. The maximum absolute atomic E-state index is 13.6. The number of carbonyl (C=O) groups is 1. The SMILES string of the molecule is CCNC(=NCC(C)Oc1ccccc1F)NCCNC(=O)C(C)C.I. The van der Waals surface area contributed by atoms with Crippen molar-refractivity contribution in [3.05, 3.63) is 30.1 Å². The molecule has 1 unspecified atom stereocenters. The molecule has 0 aliphatic heterocycles. The first kappa shape index (κ1) is 24.4. The number of nitrogens with one attached hydrogen (secondary N) is 3. The van der Waals surface area contributed by atoms with Gasteiger partial charge in [0.05, 0.1) is 6.54 Å². The predicted molar refractivity (Wildman–Crippen MR) is 114 cm³/mol. The fourth-order valence-electron chi connectivity index (χ4n) is 1.93. The maximum atomic E-state index is 13.6. The molecule has 0 radical (unpaired) electrons. The number of hydrogen-bond acceptors (Lipinski definition) is 3. The molecule has 0 saturated heterocycles. The Morgan fingerprint density at radius 1 is 1.15 bits per heavy atom. The highest BCUT2D eigenvalue weighted by molar-refractivity contribution is 14.0. The Kier molecular flexibility index (Phi) is 12.8. The van der Waals surface area contributed by atoms with E-state index in [-0.39, 0.29) is 53.5 Å². The van der Waals surface area contributed by atoms with Crippen LogP contribution in [0.4, 0.5) is 4.39 Å². The predicted octanol–water partition coefficient (Wildman–Crippen LogP) is 2.54. The number of hydrogen-bond donors (Lipinski definition) is 3. The summed E-state index contributed by atoms with van der Waals surface area (Å²) in [6, 6.07) is 6.31. The minimum absolute atomic E-state index is 0. The van der Waals surface area contributed by atoms with Gasteiger partial charge in [-0.05, 0) is 26.0 Å². The zero-order valence-electron chi connectivity index (χ0n) is 15.8. The van der Waals surface area contributed by atoms with E-state index in [0.717, 1.165) is 0 Å². The third kappa shape index (κ3) is 9.79. The number of carbonyl (C=O) groups excluding carboxylic acids is 1. The smallest absolute Gasteiger partial charge is 0.222 e. The minimum atomic E-state index is -0.385. The lowest BCUT2D eigenvalue weighted by molar-refractivity contribution is -0.123. The van der Waals surface area contributed by atoms with E-state index in [1.54, 1.807) is 18.2 Å². The van der Waals surface area contributed by atoms with Gasteiger partial charge >= 0.3 is 0 Å². The summed E-state index contributed by atoms with van der Waals surface area (Å²) in [5.74, 6) is 0.461. The molecule has 3 N–H and O–H groups in total. The van der Waals surface area contributed by atoms with E-state index in [1.165, 1.54) is 6.07 Å². The molecule has 1 aromatic rings. The average Bonchev–Trinajstić information content (AvgIpc) is 2.58. The number of aliphatic imine (C=N–C) groups is 1. The van der Waals surface area contributed by atoms with Gasteiger partial charge in [-0.2, -0.15) is 0 Å². The van der Waals surface area contributed by atoms with Gasteiger partial charge in [0.25, 0.3) is 0 Å². The van der Waals surface area contributed by atoms with Crippen LogP contribution >= 0.6 is 24.0 Å².